The third kappa shape index (κ3) is 15.1. The van der Waals surface area contributed by atoms with Gasteiger partial charge in [0.25, 0.3) is 0 Å². The van der Waals surface area contributed by atoms with Gasteiger partial charge in [0.1, 0.15) is 0 Å². The molecule has 0 aromatic carbocycles. The first kappa shape index (κ1) is 34.1. The topological polar surface area (TPSA) is 96.5 Å². The molecule has 0 aliphatic rings. The van der Waals surface area contributed by atoms with Crippen LogP contribution in [0, 0.1) is 11.3 Å². The summed E-state index contributed by atoms with van der Waals surface area (Å²) in [5.41, 5.74) is -1.17. The van der Waals surface area contributed by atoms with Crippen LogP contribution in [-0.2, 0) is 19.1 Å². The van der Waals surface area contributed by atoms with Crippen molar-refractivity contribution in [2.75, 3.05) is 22.5 Å². The number of alkyl halides is 2. The third-order valence-electron chi connectivity index (χ3n) is 6.00. The summed E-state index contributed by atoms with van der Waals surface area (Å²) in [5, 5.41) is 9.16. The van der Waals surface area contributed by atoms with Gasteiger partial charge in [-0.15, -0.1) is 0 Å². The van der Waals surface area contributed by atoms with Gasteiger partial charge in [0.15, 0.2) is 0 Å². The van der Waals surface area contributed by atoms with E-state index < -0.39 is 17.0 Å². The van der Waals surface area contributed by atoms with Gasteiger partial charge in [0.05, 0.1) is 0 Å². The molecule has 208 valence electrons. The quantitative estimate of drug-likeness (QED) is 0.130. The number of unbranched alkanes of at least 4 members (excludes halogenated alkanes) is 1. The minimum Gasteiger partial charge on any atom is -0.0364 e. The second-order valence-electron chi connectivity index (χ2n) is 11.7. The molecule has 35 heavy (non-hydrogen) atoms. The van der Waals surface area contributed by atoms with Gasteiger partial charge in [-0.25, -0.2) is 0 Å². The molecule has 0 aliphatic heterocycles. The van der Waals surface area contributed by atoms with Crippen LogP contribution in [0.15, 0.2) is 0 Å². The van der Waals surface area contributed by atoms with E-state index in [0.29, 0.717) is 26.0 Å². The van der Waals surface area contributed by atoms with Crippen molar-refractivity contribution in [3.8, 4) is 0 Å². The van der Waals surface area contributed by atoms with Crippen LogP contribution in [-0.4, -0.2) is 57.4 Å². The number of hydrogen-bond acceptors (Lipinski definition) is 4. The number of hydrogen-bond donors (Lipinski definition) is 3. The van der Waals surface area contributed by atoms with Crippen LogP contribution in [0.5, 0.6) is 0 Å². The summed E-state index contributed by atoms with van der Waals surface area (Å²) in [6, 6.07) is -0.602. The summed E-state index contributed by atoms with van der Waals surface area (Å²) in [7, 11) is 0. The van der Waals surface area contributed by atoms with Gasteiger partial charge in [-0.3, -0.25) is 0 Å². The Morgan fingerprint density at radius 3 is 2.03 bits per heavy atom. The van der Waals surface area contributed by atoms with E-state index in [1.54, 1.807) is 0 Å². The molecule has 8 heteroatoms. The molecule has 0 aromatic rings. The van der Waals surface area contributed by atoms with Crippen LogP contribution in [0.1, 0.15) is 101 Å². The molecule has 0 heterocycles. The molecule has 0 spiro atoms. The number of halogens is 1. The van der Waals surface area contributed by atoms with Gasteiger partial charge in [-0.05, 0) is 33.6 Å². The number of ether oxygens (including phenoxy) is 1. The fourth-order valence-electron chi connectivity index (χ4n) is 3.60. The smallest absolute Gasteiger partial charge is 0.0364 e. The van der Waals surface area contributed by atoms with Crippen molar-refractivity contribution in [1.82, 2.24) is 16.0 Å². The summed E-state index contributed by atoms with van der Waals surface area (Å²) < 4.78 is 6.70. The standard InChI is InChI=1S/C27H53IN3O4/c1-11-20(12-2)22(32)29-17-14-13-15-21(30-24(34)26(6,7)19-28-10)23(33)31-27(8,9)16-18-35-25(3,4)5/h20-21H,11-19H2,1-10H3,(H,29,32)(H,30,34)(H,31,33)/q-1. The molecule has 3 N–H and O–H groups in total. The molecule has 1 atom stereocenters. The van der Waals surface area contributed by atoms with Crippen LogP contribution in [0.4, 0.5) is 0 Å². The molecule has 0 bridgehead atoms. The number of rotatable bonds is 17. The van der Waals surface area contributed by atoms with Crippen LogP contribution in [0.25, 0.3) is 0 Å². The second kappa shape index (κ2) is 16.0. The van der Waals surface area contributed by atoms with E-state index >= 15 is 0 Å². The number of carbonyl (C=O) groups excluding carboxylic acids is 3. The Morgan fingerprint density at radius 1 is 0.914 bits per heavy atom. The van der Waals surface area contributed by atoms with Crippen LogP contribution < -0.4 is 37.2 Å². The minimum atomic E-state index is -0.602. The van der Waals surface area contributed by atoms with Crippen molar-refractivity contribution >= 4 is 17.7 Å². The van der Waals surface area contributed by atoms with Crippen LogP contribution in [0.3, 0.4) is 0 Å². The van der Waals surface area contributed by atoms with Crippen LogP contribution >= 0.6 is 0 Å². The summed E-state index contributed by atoms with van der Waals surface area (Å²) in [4.78, 5) is 40.6. The Bertz CT molecular complexity index is 655. The SMILES string of the molecule is CCC(CC)C(=O)NCCCCC(NC(=O)C(C)(C)C[I-]C)C(=O)NC(C)(C)CCOC(C)(C)C. The Kier molecular flexibility index (Phi) is 15.6. The molecular weight excluding hydrogens is 557 g/mol. The molecule has 0 aromatic heterocycles. The van der Waals surface area contributed by atoms with Crippen molar-refractivity contribution in [3.05, 3.63) is 0 Å². The van der Waals surface area contributed by atoms with Gasteiger partial charge in [0, 0.05) is 0 Å². The predicted octanol–water partition coefficient (Wildman–Crippen LogP) is 1.04. The Labute approximate surface area is 225 Å². The van der Waals surface area contributed by atoms with Gasteiger partial charge in [-0.1, -0.05) is 13.8 Å². The van der Waals surface area contributed by atoms with E-state index in [4.69, 9.17) is 4.74 Å². The average Bonchev–Trinajstić information content (AvgIpc) is 2.71. The summed E-state index contributed by atoms with van der Waals surface area (Å²) in [5.74, 6) is -0.0837. The summed E-state index contributed by atoms with van der Waals surface area (Å²) in [6.45, 7) is 19.1. The van der Waals surface area contributed by atoms with E-state index in [1.807, 2.05) is 62.3 Å². The summed E-state index contributed by atoms with van der Waals surface area (Å²) in [6.07, 6.45) is 4.37. The molecule has 0 rings (SSSR count). The number of carbonyl (C=O) groups is 3. The molecule has 0 saturated carbocycles. The number of nitrogens with one attached hydrogen (secondary N) is 3. The Morgan fingerprint density at radius 2 is 1.51 bits per heavy atom. The van der Waals surface area contributed by atoms with Gasteiger partial charge < -0.3 is 0 Å². The first-order valence-corrected chi connectivity index (χ1v) is 16.7. The molecular formula is C27H53IN3O4-. The van der Waals surface area contributed by atoms with Crippen molar-refractivity contribution in [1.29, 1.82) is 0 Å². The monoisotopic (exact) mass is 610 g/mol. The third-order valence-corrected chi connectivity index (χ3v) is 8.67. The van der Waals surface area contributed by atoms with Gasteiger partial charge in [-0.2, -0.15) is 0 Å². The second-order valence-corrected chi connectivity index (χ2v) is 14.0. The fourth-order valence-corrected chi connectivity index (χ4v) is 5.85. The fraction of sp³-hybridized carbons (Fsp3) is 0.889. The summed E-state index contributed by atoms with van der Waals surface area (Å²) >= 11 is -0.0451. The van der Waals surface area contributed by atoms with E-state index in [9.17, 15) is 14.4 Å². The molecule has 0 radical (unpaired) electrons. The zero-order valence-electron chi connectivity index (χ0n) is 24.0. The minimum absolute atomic E-state index is 0.0451. The van der Waals surface area contributed by atoms with Crippen molar-refractivity contribution in [2.45, 2.75) is 118 Å². The maximum absolute atomic E-state index is 13.2. The molecule has 1 unspecified atom stereocenters. The Hall–Kier alpha value is -0.900. The zero-order valence-corrected chi connectivity index (χ0v) is 26.2. The number of amides is 3. The molecule has 0 saturated heterocycles. The predicted molar refractivity (Wildman–Crippen MR) is 140 cm³/mol. The zero-order chi connectivity index (χ0) is 27.3. The first-order chi connectivity index (χ1) is 16.1. The average molecular weight is 611 g/mol. The normalized spacial score (nSPS) is 13.6. The van der Waals surface area contributed by atoms with Crippen molar-refractivity contribution < 1.29 is 40.3 Å². The van der Waals surface area contributed by atoms with Gasteiger partial charge in [0.2, 0.25) is 0 Å². The van der Waals surface area contributed by atoms with Crippen molar-refractivity contribution in [2.24, 2.45) is 11.3 Å². The Balaban J connectivity index is 5.07. The van der Waals surface area contributed by atoms with E-state index in [0.717, 1.165) is 30.1 Å². The molecule has 0 fully saturated rings. The maximum atomic E-state index is 13.2. The van der Waals surface area contributed by atoms with Crippen LogP contribution in [0.2, 0.25) is 0 Å². The molecule has 7 nitrogen and oxygen atoms in total. The van der Waals surface area contributed by atoms with Gasteiger partial charge >= 0.3 is 178 Å². The van der Waals surface area contributed by atoms with E-state index in [1.165, 1.54) is 0 Å². The van der Waals surface area contributed by atoms with E-state index in [2.05, 4.69) is 20.9 Å². The first-order valence-electron chi connectivity index (χ1n) is 13.1. The van der Waals surface area contributed by atoms with E-state index in [-0.39, 0.29) is 50.4 Å². The van der Waals surface area contributed by atoms with Crippen molar-refractivity contribution in [3.63, 3.8) is 0 Å². The molecule has 3 amide bonds. The molecule has 0 aliphatic carbocycles.